The van der Waals surface area contributed by atoms with Crippen LogP contribution in [0.4, 0.5) is 5.69 Å². The van der Waals surface area contributed by atoms with Crippen molar-refractivity contribution in [3.63, 3.8) is 0 Å². The molecule has 1 amide bonds. The Bertz CT molecular complexity index is 804. The first-order valence-corrected chi connectivity index (χ1v) is 10.2. The molecular weight excluding hydrogens is 366 g/mol. The fourth-order valence-corrected chi connectivity index (χ4v) is 4.07. The second-order valence-corrected chi connectivity index (χ2v) is 7.72. The van der Waals surface area contributed by atoms with Crippen molar-refractivity contribution in [3.05, 3.63) is 54.1 Å². The molecule has 6 heteroatoms. The molecule has 0 saturated carbocycles. The van der Waals surface area contributed by atoms with Gasteiger partial charge >= 0.3 is 0 Å². The molecule has 2 aromatic carbocycles. The minimum Gasteiger partial charge on any atom is -0.497 e. The molecule has 2 aromatic rings. The van der Waals surface area contributed by atoms with Crippen LogP contribution in [0.1, 0.15) is 12.5 Å². The lowest BCUT2D eigenvalue weighted by Gasteiger charge is -2.34. The van der Waals surface area contributed by atoms with Gasteiger partial charge in [-0.2, -0.15) is 0 Å². The number of ether oxygens (including phenoxy) is 2. The number of carbonyl (C=O) groups excluding carboxylic acids is 1. The molecule has 0 aromatic heterocycles. The molecule has 0 radical (unpaired) electrons. The number of methoxy groups -OCH3 is 2. The quantitative estimate of drug-likeness (QED) is 0.691. The van der Waals surface area contributed by atoms with Crippen molar-refractivity contribution < 1.29 is 24.1 Å². The Balaban J connectivity index is 1.57. The van der Waals surface area contributed by atoms with E-state index in [4.69, 9.17) is 9.47 Å². The van der Waals surface area contributed by atoms with Gasteiger partial charge in [-0.3, -0.25) is 4.79 Å². The van der Waals surface area contributed by atoms with Crippen molar-refractivity contribution in [2.75, 3.05) is 52.3 Å². The highest BCUT2D eigenvalue weighted by molar-refractivity contribution is 5.95. The molecule has 1 heterocycles. The van der Waals surface area contributed by atoms with Crippen molar-refractivity contribution in [1.82, 2.24) is 0 Å². The van der Waals surface area contributed by atoms with E-state index in [-0.39, 0.29) is 11.9 Å². The molecule has 0 unspecified atom stereocenters. The van der Waals surface area contributed by atoms with E-state index >= 15 is 0 Å². The summed E-state index contributed by atoms with van der Waals surface area (Å²) in [5, 5.41) is 0. The van der Waals surface area contributed by atoms with Gasteiger partial charge in [0.05, 0.1) is 19.8 Å². The van der Waals surface area contributed by atoms with Gasteiger partial charge in [-0.1, -0.05) is 18.2 Å². The van der Waals surface area contributed by atoms with Gasteiger partial charge in [0.2, 0.25) is 0 Å². The maximum absolute atomic E-state index is 12.9. The predicted octanol–water partition coefficient (Wildman–Crippen LogP) is 0.0387. The first-order chi connectivity index (χ1) is 14.0. The fourth-order valence-electron chi connectivity index (χ4n) is 4.07. The number of anilines is 1. The number of para-hydroxylation sites is 1. The van der Waals surface area contributed by atoms with E-state index in [0.29, 0.717) is 0 Å². The van der Waals surface area contributed by atoms with E-state index < -0.39 is 0 Å². The highest BCUT2D eigenvalue weighted by atomic mass is 16.5. The van der Waals surface area contributed by atoms with Crippen molar-refractivity contribution in [1.29, 1.82) is 0 Å². The predicted molar refractivity (Wildman–Crippen MR) is 114 cm³/mol. The number of nitrogens with one attached hydrogen (secondary N) is 2. The number of piperazine rings is 1. The van der Waals surface area contributed by atoms with Crippen LogP contribution in [0.3, 0.4) is 0 Å². The molecule has 1 saturated heterocycles. The summed E-state index contributed by atoms with van der Waals surface area (Å²) in [5.74, 6) is 1.93. The normalized spacial score (nSPS) is 20.0. The van der Waals surface area contributed by atoms with Gasteiger partial charge in [0.1, 0.15) is 44.2 Å². The van der Waals surface area contributed by atoms with Crippen molar-refractivity contribution in [2.24, 2.45) is 0 Å². The molecule has 0 bridgehead atoms. The zero-order chi connectivity index (χ0) is 20.8. The molecule has 2 N–H and O–H groups in total. The summed E-state index contributed by atoms with van der Waals surface area (Å²) in [6.07, 6.45) is 0. The van der Waals surface area contributed by atoms with E-state index in [1.54, 1.807) is 19.1 Å². The van der Waals surface area contributed by atoms with Crippen LogP contribution in [0.15, 0.2) is 48.5 Å². The number of nitrogens with zero attached hydrogens (tertiary/aromatic N) is 1. The summed E-state index contributed by atoms with van der Waals surface area (Å²) in [4.78, 5) is 17.6. The van der Waals surface area contributed by atoms with Gasteiger partial charge in [0.25, 0.3) is 5.91 Å². The summed E-state index contributed by atoms with van der Waals surface area (Å²) >= 11 is 0. The average molecular weight is 400 g/mol. The number of hydrogen-bond acceptors (Lipinski definition) is 3. The van der Waals surface area contributed by atoms with Crippen LogP contribution in [-0.2, 0) is 11.3 Å². The molecule has 1 fully saturated rings. The molecule has 6 nitrogen and oxygen atoms in total. The van der Waals surface area contributed by atoms with Crippen LogP contribution >= 0.6 is 0 Å². The molecule has 3 rings (SSSR count). The van der Waals surface area contributed by atoms with Gasteiger partial charge in [-0.15, -0.1) is 0 Å². The van der Waals surface area contributed by atoms with Crippen LogP contribution in [0.5, 0.6) is 11.5 Å². The third-order valence-corrected chi connectivity index (χ3v) is 5.98. The summed E-state index contributed by atoms with van der Waals surface area (Å²) < 4.78 is 10.9. The number of hydrogen-bond donors (Lipinski definition) is 2. The Morgan fingerprint density at radius 2 is 1.72 bits per heavy atom. The lowest BCUT2D eigenvalue weighted by Crippen LogP contribution is -3.29. The van der Waals surface area contributed by atoms with E-state index in [0.717, 1.165) is 49.9 Å². The molecule has 1 aliphatic rings. The Hall–Kier alpha value is -2.57. The van der Waals surface area contributed by atoms with Crippen LogP contribution in [0, 0.1) is 0 Å². The van der Waals surface area contributed by atoms with E-state index in [9.17, 15) is 4.79 Å². The standard InChI is InChI=1S/C23H31N3O3/c1-18(23(27)24(2)20-8-6-5-7-9-20)26-14-12-25(13-15-26)17-19-16-21(28-3)10-11-22(19)29-4/h5-11,16,18H,12-15,17H2,1-4H3/p+2/t18-/m1/s1. The fraction of sp³-hybridized carbons (Fsp3) is 0.435. The lowest BCUT2D eigenvalue weighted by molar-refractivity contribution is -1.02. The van der Waals surface area contributed by atoms with Crippen molar-refractivity contribution >= 4 is 11.6 Å². The van der Waals surface area contributed by atoms with Crippen LogP contribution < -0.4 is 24.2 Å². The highest BCUT2D eigenvalue weighted by Gasteiger charge is 2.33. The topological polar surface area (TPSA) is 47.7 Å². The molecular formula is C23H33N3O3+2. The minimum atomic E-state index is -0.0480. The number of rotatable bonds is 7. The lowest BCUT2D eigenvalue weighted by atomic mass is 10.1. The van der Waals surface area contributed by atoms with Crippen LogP contribution in [-0.4, -0.2) is 59.4 Å². The summed E-state index contributed by atoms with van der Waals surface area (Å²) in [7, 11) is 5.26. The molecule has 29 heavy (non-hydrogen) atoms. The van der Waals surface area contributed by atoms with E-state index in [2.05, 4.69) is 6.07 Å². The molecule has 0 aliphatic carbocycles. The Morgan fingerprint density at radius 3 is 2.34 bits per heavy atom. The molecule has 1 aliphatic heterocycles. The SMILES string of the molecule is COc1ccc(OC)c(C[NH+]2CC[NH+]([C@H](C)C(=O)N(C)c3ccccc3)CC2)c1. The van der Waals surface area contributed by atoms with Crippen LogP contribution in [0.25, 0.3) is 0 Å². The van der Waals surface area contributed by atoms with Gasteiger partial charge in [-0.25, -0.2) is 0 Å². The second-order valence-electron chi connectivity index (χ2n) is 7.72. The van der Waals surface area contributed by atoms with Crippen molar-refractivity contribution in [3.8, 4) is 11.5 Å². The Kier molecular flexibility index (Phi) is 7.12. The Labute approximate surface area is 173 Å². The zero-order valence-corrected chi connectivity index (χ0v) is 17.9. The molecule has 1 atom stereocenters. The number of amides is 1. The highest BCUT2D eigenvalue weighted by Crippen LogP contribution is 2.23. The third-order valence-electron chi connectivity index (χ3n) is 5.98. The van der Waals surface area contributed by atoms with Crippen LogP contribution in [0.2, 0.25) is 0 Å². The first-order valence-electron chi connectivity index (χ1n) is 10.2. The second kappa shape index (κ2) is 9.76. The van der Waals surface area contributed by atoms with E-state index in [1.165, 1.54) is 15.4 Å². The third kappa shape index (κ3) is 5.08. The average Bonchev–Trinajstić information content (AvgIpc) is 2.78. The minimum absolute atomic E-state index is 0.0480. The summed E-state index contributed by atoms with van der Waals surface area (Å²) in [5.41, 5.74) is 2.11. The number of quaternary nitrogens is 2. The zero-order valence-electron chi connectivity index (χ0n) is 17.9. The molecule has 0 spiro atoms. The smallest absolute Gasteiger partial charge is 0.284 e. The summed E-state index contributed by atoms with van der Waals surface area (Å²) in [6.45, 7) is 6.98. The monoisotopic (exact) mass is 399 g/mol. The maximum atomic E-state index is 12.9. The number of carbonyl (C=O) groups is 1. The maximum Gasteiger partial charge on any atom is 0.284 e. The number of likely N-dealkylation sites (N-methyl/N-ethyl adjacent to an activating group) is 1. The van der Waals surface area contributed by atoms with Gasteiger partial charge in [0, 0.05) is 12.7 Å². The number of benzene rings is 2. The first kappa shape index (κ1) is 21.1. The summed E-state index contributed by atoms with van der Waals surface area (Å²) in [6, 6.07) is 15.8. The Morgan fingerprint density at radius 1 is 1.03 bits per heavy atom. The van der Waals surface area contributed by atoms with Crippen molar-refractivity contribution in [2.45, 2.75) is 19.5 Å². The largest absolute Gasteiger partial charge is 0.497 e. The van der Waals surface area contributed by atoms with Gasteiger partial charge in [-0.05, 0) is 37.3 Å². The molecule has 156 valence electrons. The van der Waals surface area contributed by atoms with Gasteiger partial charge in [0.15, 0.2) is 6.04 Å². The van der Waals surface area contributed by atoms with Gasteiger partial charge < -0.3 is 24.2 Å². The van der Waals surface area contributed by atoms with E-state index in [1.807, 2.05) is 56.4 Å².